The zero-order valence-electron chi connectivity index (χ0n) is 10.0. The Bertz CT molecular complexity index is 595. The Morgan fingerprint density at radius 1 is 1.32 bits per heavy atom. The Morgan fingerprint density at radius 3 is 2.53 bits per heavy atom. The molecule has 1 amide bonds. The van der Waals surface area contributed by atoms with Crippen molar-refractivity contribution in [3.05, 3.63) is 42.2 Å². The Morgan fingerprint density at radius 2 is 2.00 bits per heavy atom. The van der Waals surface area contributed by atoms with Crippen molar-refractivity contribution in [3.8, 4) is 0 Å². The van der Waals surface area contributed by atoms with Gasteiger partial charge in [-0.25, -0.2) is 14.8 Å². The van der Waals surface area contributed by atoms with E-state index in [1.165, 1.54) is 35.8 Å². The molecular formula is C11H11N5O3. The molecule has 0 saturated heterocycles. The molecule has 0 aliphatic carbocycles. The molecule has 0 aromatic carbocycles. The molecule has 98 valence electrons. The lowest BCUT2D eigenvalue weighted by Gasteiger charge is -2.12. The molecule has 8 heteroatoms. The minimum absolute atomic E-state index is 0.192. The van der Waals surface area contributed by atoms with Crippen LogP contribution in [0.4, 0.5) is 0 Å². The molecule has 0 spiro atoms. The summed E-state index contributed by atoms with van der Waals surface area (Å²) in [5.41, 5.74) is 0.581. The maximum absolute atomic E-state index is 11.9. The van der Waals surface area contributed by atoms with E-state index in [2.05, 4.69) is 20.4 Å². The van der Waals surface area contributed by atoms with Gasteiger partial charge in [-0.05, 0) is 0 Å². The monoisotopic (exact) mass is 261 g/mol. The van der Waals surface area contributed by atoms with E-state index in [0.717, 1.165) is 0 Å². The van der Waals surface area contributed by atoms with Gasteiger partial charge >= 0.3 is 5.97 Å². The van der Waals surface area contributed by atoms with Crippen molar-refractivity contribution in [2.24, 2.45) is 7.05 Å². The molecule has 2 aromatic rings. The second-order valence-electron chi connectivity index (χ2n) is 3.82. The Hall–Kier alpha value is -2.77. The summed E-state index contributed by atoms with van der Waals surface area (Å²) >= 11 is 0. The fourth-order valence-corrected chi connectivity index (χ4v) is 1.51. The van der Waals surface area contributed by atoms with Crippen molar-refractivity contribution in [3.63, 3.8) is 0 Å². The number of aliphatic carboxylic acids is 1. The highest BCUT2D eigenvalue weighted by molar-refractivity contribution is 5.96. The predicted molar refractivity (Wildman–Crippen MR) is 63.1 cm³/mol. The number of carboxylic acids is 1. The standard InChI is InChI=1S/C11H11N5O3/c1-16-5-8(4-14-16)9(11(18)19)15-10(17)7-2-12-6-13-3-7/h2-6,9H,1H3,(H,15,17)(H,18,19). The summed E-state index contributed by atoms with van der Waals surface area (Å²) in [4.78, 5) is 30.4. The molecule has 0 radical (unpaired) electrons. The number of nitrogens with one attached hydrogen (secondary N) is 1. The Balaban J connectivity index is 2.18. The summed E-state index contributed by atoms with van der Waals surface area (Å²) < 4.78 is 1.46. The lowest BCUT2D eigenvalue weighted by Crippen LogP contribution is -2.33. The number of nitrogens with zero attached hydrogens (tertiary/aromatic N) is 4. The van der Waals surface area contributed by atoms with E-state index in [9.17, 15) is 9.59 Å². The molecule has 0 bridgehead atoms. The average molecular weight is 261 g/mol. The molecule has 0 saturated carbocycles. The summed E-state index contributed by atoms with van der Waals surface area (Å²) in [6.45, 7) is 0. The second-order valence-corrected chi connectivity index (χ2v) is 3.82. The van der Waals surface area contributed by atoms with Gasteiger partial charge in [0.05, 0.1) is 11.8 Å². The molecule has 2 rings (SSSR count). The topological polar surface area (TPSA) is 110 Å². The van der Waals surface area contributed by atoms with Crippen molar-refractivity contribution < 1.29 is 14.7 Å². The largest absolute Gasteiger partial charge is 0.479 e. The third-order valence-electron chi connectivity index (χ3n) is 2.40. The molecule has 2 heterocycles. The van der Waals surface area contributed by atoms with Gasteiger partial charge in [-0.2, -0.15) is 5.10 Å². The molecule has 0 fully saturated rings. The summed E-state index contributed by atoms with van der Waals surface area (Å²) in [5, 5.41) is 15.4. The summed E-state index contributed by atoms with van der Waals surface area (Å²) in [5.74, 6) is -1.73. The zero-order chi connectivity index (χ0) is 13.8. The van der Waals surface area contributed by atoms with Crippen molar-refractivity contribution in [1.82, 2.24) is 25.1 Å². The molecule has 2 N–H and O–H groups in total. The lowest BCUT2D eigenvalue weighted by atomic mass is 10.1. The minimum Gasteiger partial charge on any atom is -0.479 e. The fourth-order valence-electron chi connectivity index (χ4n) is 1.51. The summed E-state index contributed by atoms with van der Waals surface area (Å²) in [7, 11) is 1.66. The number of hydrogen-bond donors (Lipinski definition) is 2. The van der Waals surface area contributed by atoms with Gasteiger partial charge in [-0.1, -0.05) is 0 Å². The van der Waals surface area contributed by atoms with Crippen LogP contribution in [0.2, 0.25) is 0 Å². The first kappa shape index (κ1) is 12.7. The van der Waals surface area contributed by atoms with Gasteiger partial charge in [0.2, 0.25) is 0 Å². The number of carbonyl (C=O) groups excluding carboxylic acids is 1. The van der Waals surface area contributed by atoms with Crippen LogP contribution in [0.5, 0.6) is 0 Å². The highest BCUT2D eigenvalue weighted by atomic mass is 16.4. The van der Waals surface area contributed by atoms with Crippen LogP contribution in [0.25, 0.3) is 0 Å². The van der Waals surface area contributed by atoms with Gasteiger partial charge in [0, 0.05) is 31.2 Å². The van der Waals surface area contributed by atoms with Crippen LogP contribution < -0.4 is 5.32 Å². The zero-order valence-corrected chi connectivity index (χ0v) is 10.0. The van der Waals surface area contributed by atoms with Crippen LogP contribution in [-0.2, 0) is 11.8 Å². The van der Waals surface area contributed by atoms with Crippen molar-refractivity contribution in [1.29, 1.82) is 0 Å². The van der Waals surface area contributed by atoms with E-state index < -0.39 is 17.9 Å². The quantitative estimate of drug-likeness (QED) is 0.786. The minimum atomic E-state index is -1.17. The highest BCUT2D eigenvalue weighted by Gasteiger charge is 2.24. The molecule has 2 aromatic heterocycles. The van der Waals surface area contributed by atoms with Gasteiger partial charge in [-0.15, -0.1) is 0 Å². The molecule has 0 aliphatic heterocycles. The van der Waals surface area contributed by atoms with Crippen LogP contribution in [0.3, 0.4) is 0 Å². The van der Waals surface area contributed by atoms with Crippen molar-refractivity contribution >= 4 is 11.9 Å². The number of carbonyl (C=O) groups is 2. The molecule has 8 nitrogen and oxygen atoms in total. The average Bonchev–Trinajstić information content (AvgIpc) is 2.82. The smallest absolute Gasteiger partial charge is 0.331 e. The van der Waals surface area contributed by atoms with E-state index >= 15 is 0 Å². The van der Waals surface area contributed by atoms with Crippen LogP contribution in [0.15, 0.2) is 31.1 Å². The van der Waals surface area contributed by atoms with Gasteiger partial charge in [-0.3, -0.25) is 9.48 Å². The normalized spacial score (nSPS) is 11.8. The van der Waals surface area contributed by atoms with Crippen molar-refractivity contribution in [2.45, 2.75) is 6.04 Å². The molecule has 1 unspecified atom stereocenters. The third kappa shape index (κ3) is 2.92. The molecule has 19 heavy (non-hydrogen) atoms. The predicted octanol–water partition coefficient (Wildman–Crippen LogP) is -0.234. The fraction of sp³-hybridized carbons (Fsp3) is 0.182. The lowest BCUT2D eigenvalue weighted by molar-refractivity contribution is -0.139. The van der Waals surface area contributed by atoms with Crippen LogP contribution in [-0.4, -0.2) is 36.7 Å². The van der Waals surface area contributed by atoms with E-state index in [1.54, 1.807) is 7.05 Å². The third-order valence-corrected chi connectivity index (χ3v) is 2.40. The van der Waals surface area contributed by atoms with E-state index in [4.69, 9.17) is 5.11 Å². The second kappa shape index (κ2) is 5.25. The van der Waals surface area contributed by atoms with Crippen LogP contribution in [0.1, 0.15) is 22.0 Å². The van der Waals surface area contributed by atoms with Gasteiger partial charge in [0.1, 0.15) is 6.33 Å². The first-order chi connectivity index (χ1) is 9.08. The number of aryl methyl sites for hydroxylation is 1. The number of aromatic nitrogens is 4. The van der Waals surface area contributed by atoms with E-state index in [-0.39, 0.29) is 5.56 Å². The van der Waals surface area contributed by atoms with E-state index in [1.807, 2.05) is 0 Å². The van der Waals surface area contributed by atoms with Crippen molar-refractivity contribution in [2.75, 3.05) is 0 Å². The summed E-state index contributed by atoms with van der Waals surface area (Å²) in [6, 6.07) is -1.17. The molecule has 0 aliphatic rings. The van der Waals surface area contributed by atoms with Crippen LogP contribution in [0, 0.1) is 0 Å². The number of carboxylic acid groups (broad SMARTS) is 1. The Labute approximate surface area is 108 Å². The highest BCUT2D eigenvalue weighted by Crippen LogP contribution is 2.12. The van der Waals surface area contributed by atoms with Gasteiger partial charge in [0.15, 0.2) is 6.04 Å². The Kier molecular flexibility index (Phi) is 3.51. The first-order valence-corrected chi connectivity index (χ1v) is 5.35. The molecule has 1 atom stereocenters. The molecular weight excluding hydrogens is 250 g/mol. The van der Waals surface area contributed by atoms with Gasteiger partial charge < -0.3 is 10.4 Å². The number of amides is 1. The first-order valence-electron chi connectivity index (χ1n) is 5.35. The maximum Gasteiger partial charge on any atom is 0.331 e. The maximum atomic E-state index is 11.9. The number of rotatable bonds is 4. The van der Waals surface area contributed by atoms with E-state index in [0.29, 0.717) is 5.56 Å². The summed E-state index contributed by atoms with van der Waals surface area (Å²) in [6.07, 6.45) is 6.82. The number of hydrogen-bond acceptors (Lipinski definition) is 5. The van der Waals surface area contributed by atoms with Gasteiger partial charge in [0.25, 0.3) is 5.91 Å². The SMILES string of the molecule is Cn1cc(C(NC(=O)c2cncnc2)C(=O)O)cn1. The van der Waals surface area contributed by atoms with Crippen LogP contribution >= 0.6 is 0 Å².